The number of allylic oxidation sites excluding steroid dienone is 18. The maximum Gasteiger partial charge on any atom is 0.0875 e. The van der Waals surface area contributed by atoms with Crippen LogP contribution in [0.15, 0.2) is 210 Å². The molecule has 3 saturated carbocycles. The first-order valence-corrected chi connectivity index (χ1v) is 35.5. The first-order chi connectivity index (χ1) is 48.4. The van der Waals surface area contributed by atoms with E-state index in [1.165, 1.54) is 0 Å². The van der Waals surface area contributed by atoms with E-state index in [2.05, 4.69) is 252 Å². The van der Waals surface area contributed by atoms with E-state index in [-0.39, 0.29) is 64.2 Å². The molecule has 9 nitrogen and oxygen atoms in total. The van der Waals surface area contributed by atoms with Crippen LogP contribution in [0, 0.1) is 139 Å². The van der Waals surface area contributed by atoms with Crippen molar-refractivity contribution < 1.29 is 0 Å². The van der Waals surface area contributed by atoms with Gasteiger partial charge in [0.1, 0.15) is 0 Å². The average molecular weight is 1350 g/mol. The minimum atomic E-state index is -0.271. The van der Waals surface area contributed by atoms with Crippen molar-refractivity contribution in [2.75, 3.05) is 39.3 Å². The highest BCUT2D eigenvalue weighted by molar-refractivity contribution is 6.42. The van der Waals surface area contributed by atoms with Gasteiger partial charge in [-0.05, 0) is 206 Å². The number of benzene rings is 4. The molecule has 0 bridgehead atoms. The van der Waals surface area contributed by atoms with Crippen molar-refractivity contribution in [3.63, 3.8) is 0 Å². The molecular weight excluding hydrogens is 1280 g/mol. The van der Waals surface area contributed by atoms with Gasteiger partial charge in [0, 0.05) is 122 Å². The molecule has 9 aliphatic rings. The fraction of sp³-hybridized carbons (Fsp3) is 0.310. The number of rotatable bonds is 12. The molecule has 0 saturated heterocycles. The molecule has 12 heteroatoms. The molecule has 4 aromatic rings. The fourth-order valence-corrected chi connectivity index (χ4v) is 17.0. The van der Waals surface area contributed by atoms with Crippen LogP contribution in [-0.4, -0.2) is 54.3 Å². The molecule has 0 heterocycles. The van der Waals surface area contributed by atoms with Gasteiger partial charge in [-0.15, -0.1) is 15.3 Å². The highest BCUT2D eigenvalue weighted by atomic mass is 35.5. The Labute approximate surface area is 599 Å². The summed E-state index contributed by atoms with van der Waals surface area (Å²) < 4.78 is 0. The number of hydrogen-bond donors (Lipinski definition) is 0. The maximum atomic E-state index is 7.41. The summed E-state index contributed by atoms with van der Waals surface area (Å²) in [6.45, 7) is 17.1. The van der Waals surface area contributed by atoms with Gasteiger partial charge in [-0.3, -0.25) is 15.0 Å². The predicted molar refractivity (Wildman–Crippen MR) is 400 cm³/mol. The molecule has 0 aromatic heterocycles. The lowest BCUT2D eigenvalue weighted by molar-refractivity contribution is 0.232. The Bertz CT molecular complexity index is 4500. The number of halogens is 3. The van der Waals surface area contributed by atoms with Gasteiger partial charge < -0.3 is 0 Å². The van der Waals surface area contributed by atoms with Crippen molar-refractivity contribution in [3.05, 3.63) is 228 Å². The van der Waals surface area contributed by atoms with Gasteiger partial charge in [0.15, 0.2) is 0 Å². The van der Waals surface area contributed by atoms with E-state index in [1.54, 1.807) is 0 Å². The molecule has 0 N–H and O–H groups in total. The van der Waals surface area contributed by atoms with E-state index in [1.807, 2.05) is 87.8 Å². The summed E-state index contributed by atoms with van der Waals surface area (Å²) in [6.07, 6.45) is 35.5. The molecule has 486 valence electrons. The summed E-state index contributed by atoms with van der Waals surface area (Å²) in [5.74, 6) is 60.3. The molecule has 3 fully saturated rings. The van der Waals surface area contributed by atoms with Gasteiger partial charge in [0.2, 0.25) is 0 Å². The Hall–Kier alpha value is -10.4. The zero-order valence-electron chi connectivity index (χ0n) is 56.6. The molecule has 4 aromatic carbocycles. The van der Waals surface area contributed by atoms with Crippen LogP contribution in [-0.2, 0) is 0 Å². The van der Waals surface area contributed by atoms with Crippen LogP contribution in [0.4, 0.5) is 17.1 Å². The van der Waals surface area contributed by atoms with Crippen LogP contribution in [0.5, 0.6) is 0 Å². The Balaban J connectivity index is 0.874. The van der Waals surface area contributed by atoms with Crippen molar-refractivity contribution in [1.29, 1.82) is 0 Å². The summed E-state index contributed by atoms with van der Waals surface area (Å²) in [4.78, 5) is 0. The summed E-state index contributed by atoms with van der Waals surface area (Å²) in [6, 6.07) is 23.5. The summed E-state index contributed by atoms with van der Waals surface area (Å²) in [5, 5.41) is 32.6. The van der Waals surface area contributed by atoms with Gasteiger partial charge >= 0.3 is 0 Å². The van der Waals surface area contributed by atoms with Crippen LogP contribution in [0.2, 0.25) is 15.1 Å². The van der Waals surface area contributed by atoms with E-state index in [0.29, 0.717) is 0 Å². The summed E-state index contributed by atoms with van der Waals surface area (Å²) in [5.41, 5.74) is 10.2. The second-order valence-electron chi connectivity index (χ2n) is 25.7. The fourth-order valence-electron chi connectivity index (χ4n) is 16.0. The average Bonchev–Trinajstić information content (AvgIpc) is 1.62. The topological polar surface area (TPSA) is 83.9 Å². The maximum absolute atomic E-state index is 7.41. The SMILES string of the molecule is CCN(CC)N=Nc1ccc(C#CC2=C(C#CC#Cc3c(Cl)c(C#CC#CC4=C(C#Cc5ccc(N=NN(CC)CC)cc5)C56C=CC=CC45CCC6)c(Cl)c(C#CC#CC4=C(C#Cc5ccc(N=NN(CC)CC)cc5)C56C=CC=CC45CCC6)c3Cl)C34C=CC=CC23CCC4)cc1. The molecule has 0 spiro atoms. The number of nitrogens with zero attached hydrogens (tertiary/aromatic N) is 9. The van der Waals surface area contributed by atoms with Gasteiger partial charge in [-0.25, -0.2) is 0 Å². The molecular formula is C87H72Cl3N9. The molecule has 6 unspecified atom stereocenters. The molecule has 0 radical (unpaired) electrons. The lowest BCUT2D eigenvalue weighted by atomic mass is 9.47. The van der Waals surface area contributed by atoms with Crippen molar-refractivity contribution in [3.8, 4) is 107 Å². The third kappa shape index (κ3) is 11.9. The lowest BCUT2D eigenvalue weighted by Gasteiger charge is -2.54. The zero-order chi connectivity index (χ0) is 68.7. The first-order valence-electron chi connectivity index (χ1n) is 34.4. The standard InChI is InChI=1S/C87H72Cl3N9/c1-7-97(8-2)94-91-67-43-34-64(35-44-67)40-49-76-73(82-52-19-22-55-85(76,82)61-25-58-82)31-16-13-28-70-79(88)71(29-14-17-32-74-77(86-56-23-20-53-83(74,86)59-26-62-86)50-41-65-36-45-68(46-37-65)92-95-98(9-3)10-4)81(90)72(80(70)89)30-15-18-33-75-78(87-57-24-21-54-84(75,87)60-27-63-87)51-42-66-38-47-69(48-39-66)93-96-99(11-5)12-6/h19-24,34-39,43-48,52-57H,7-12,25-27,58-63H2,1-6H3. The Morgan fingerprint density at radius 2 is 0.505 bits per heavy atom. The third-order valence-corrected chi connectivity index (χ3v) is 22.3. The van der Waals surface area contributed by atoms with Crippen molar-refractivity contribution in [1.82, 2.24) is 15.0 Å². The van der Waals surface area contributed by atoms with Crippen LogP contribution >= 0.6 is 34.8 Å². The van der Waals surface area contributed by atoms with E-state index in [4.69, 9.17) is 34.8 Å². The predicted octanol–water partition coefficient (Wildman–Crippen LogP) is 19.7. The minimum absolute atomic E-state index is 0.160. The van der Waals surface area contributed by atoms with Crippen molar-refractivity contribution in [2.45, 2.75) is 99.3 Å². The Kier molecular flexibility index (Phi) is 19.4. The normalized spacial score (nSPS) is 24.3. The Morgan fingerprint density at radius 1 is 0.293 bits per heavy atom. The van der Waals surface area contributed by atoms with E-state index < -0.39 is 0 Å². The molecule has 13 rings (SSSR count). The smallest absolute Gasteiger partial charge is 0.0875 e. The van der Waals surface area contributed by atoms with Gasteiger partial charge in [0.25, 0.3) is 0 Å². The molecule has 0 amide bonds. The minimum Gasteiger partial charge on any atom is -0.279 e. The quantitative estimate of drug-likeness (QED) is 0.0805. The Morgan fingerprint density at radius 3 is 0.727 bits per heavy atom. The monoisotopic (exact) mass is 1350 g/mol. The highest BCUT2D eigenvalue weighted by Gasteiger charge is 2.67. The first kappa shape index (κ1) is 67.2. The molecule has 6 atom stereocenters. The van der Waals surface area contributed by atoms with Gasteiger partial charge in [-0.2, -0.15) is 0 Å². The van der Waals surface area contributed by atoms with Crippen LogP contribution in [0.25, 0.3) is 0 Å². The van der Waals surface area contributed by atoms with E-state index in [0.717, 1.165) is 164 Å². The summed E-state index contributed by atoms with van der Waals surface area (Å²) in [7, 11) is 0. The third-order valence-electron chi connectivity index (χ3n) is 21.1. The second-order valence-corrected chi connectivity index (χ2v) is 26.9. The second kappa shape index (κ2) is 28.6. The molecule has 0 aliphatic heterocycles. The summed E-state index contributed by atoms with van der Waals surface area (Å²) >= 11 is 22.2. The van der Waals surface area contributed by atoms with E-state index >= 15 is 0 Å². The van der Waals surface area contributed by atoms with Gasteiger partial charge in [0.05, 0.1) is 48.8 Å². The highest BCUT2D eigenvalue weighted by Crippen LogP contribution is 2.74. The molecule has 9 aliphatic carbocycles. The largest absolute Gasteiger partial charge is 0.279 e. The van der Waals surface area contributed by atoms with Crippen molar-refractivity contribution in [2.24, 2.45) is 63.5 Å². The van der Waals surface area contributed by atoms with Crippen molar-refractivity contribution >= 4 is 51.9 Å². The van der Waals surface area contributed by atoms with Crippen LogP contribution in [0.1, 0.15) is 133 Å². The lowest BCUT2D eigenvalue weighted by Crippen LogP contribution is -2.48. The van der Waals surface area contributed by atoms with Gasteiger partial charge in [-0.1, -0.05) is 196 Å². The van der Waals surface area contributed by atoms with Crippen LogP contribution in [0.3, 0.4) is 0 Å². The van der Waals surface area contributed by atoms with E-state index in [9.17, 15) is 0 Å². The zero-order valence-corrected chi connectivity index (χ0v) is 58.9. The van der Waals surface area contributed by atoms with Crippen LogP contribution < -0.4 is 0 Å². The molecule has 99 heavy (non-hydrogen) atoms. The number of hydrogen-bond acceptors (Lipinski definition) is 6.